The van der Waals surface area contributed by atoms with Crippen LogP contribution in [0.5, 0.6) is 5.75 Å². The largest absolute Gasteiger partial charge is 0.482 e. The number of thioether (sulfide) groups is 1. The van der Waals surface area contributed by atoms with Gasteiger partial charge < -0.3 is 9.84 Å². The monoisotopic (exact) mass is 383 g/mol. The molecule has 0 bridgehead atoms. The summed E-state index contributed by atoms with van der Waals surface area (Å²) >= 11 is 0.874. The van der Waals surface area contributed by atoms with Crippen LogP contribution >= 0.6 is 11.8 Å². The lowest BCUT2D eigenvalue weighted by atomic mass is 10.1. The zero-order valence-corrected chi connectivity index (χ0v) is 15.6. The minimum absolute atomic E-state index is 0.302. The van der Waals surface area contributed by atoms with Gasteiger partial charge in [-0.25, -0.2) is 9.69 Å². The number of carbonyl (C=O) groups is 3. The summed E-state index contributed by atoms with van der Waals surface area (Å²) in [7, 11) is 0. The summed E-state index contributed by atoms with van der Waals surface area (Å²) in [5.41, 5.74) is 3.03. The van der Waals surface area contributed by atoms with E-state index in [0.29, 0.717) is 21.9 Å². The smallest absolute Gasteiger partial charge is 0.341 e. The zero-order chi connectivity index (χ0) is 19.6. The molecule has 1 heterocycles. The maximum atomic E-state index is 12.8. The van der Waals surface area contributed by atoms with Gasteiger partial charge in [0.25, 0.3) is 11.1 Å². The molecule has 6 nitrogen and oxygen atoms in total. The second-order valence-electron chi connectivity index (χ2n) is 6.06. The predicted octanol–water partition coefficient (Wildman–Crippen LogP) is 4.01. The molecule has 2 aromatic rings. The molecule has 3 rings (SSSR count). The van der Waals surface area contributed by atoms with Crippen molar-refractivity contribution in [3.05, 3.63) is 64.1 Å². The zero-order valence-electron chi connectivity index (χ0n) is 14.8. The second kappa shape index (κ2) is 7.67. The minimum Gasteiger partial charge on any atom is -0.482 e. The summed E-state index contributed by atoms with van der Waals surface area (Å²) in [5, 5.41) is 8.34. The van der Waals surface area contributed by atoms with Crippen LogP contribution in [0.3, 0.4) is 0 Å². The van der Waals surface area contributed by atoms with E-state index in [1.54, 1.807) is 30.3 Å². The molecule has 1 aliphatic heterocycles. The molecule has 2 amide bonds. The number of carboxylic acid groups (broad SMARTS) is 1. The fourth-order valence-corrected chi connectivity index (χ4v) is 3.46. The molecule has 7 heteroatoms. The van der Waals surface area contributed by atoms with E-state index in [9.17, 15) is 14.4 Å². The van der Waals surface area contributed by atoms with E-state index in [0.717, 1.165) is 22.9 Å². The fourth-order valence-electron chi connectivity index (χ4n) is 2.63. The lowest BCUT2D eigenvalue weighted by Gasteiger charge is -2.16. The van der Waals surface area contributed by atoms with Gasteiger partial charge in [-0.3, -0.25) is 9.59 Å². The molecule has 0 spiro atoms. The standard InChI is InChI=1S/C20H17NO5S/c1-12-6-7-13(2)16(8-12)21-19(24)17(27-20(21)25)10-14-4-3-5-15(9-14)26-11-18(22)23/h3-10H,11H2,1-2H3,(H,22,23)/b17-10+. The molecule has 0 atom stereocenters. The van der Waals surface area contributed by atoms with E-state index < -0.39 is 12.6 Å². The fraction of sp³-hybridized carbons (Fsp3) is 0.150. The lowest BCUT2D eigenvalue weighted by Crippen LogP contribution is -2.28. The summed E-state index contributed by atoms with van der Waals surface area (Å²) < 4.78 is 5.14. The normalized spacial score (nSPS) is 15.5. The van der Waals surface area contributed by atoms with Crippen LogP contribution in [0.2, 0.25) is 0 Å². The van der Waals surface area contributed by atoms with Crippen LogP contribution in [-0.4, -0.2) is 28.8 Å². The van der Waals surface area contributed by atoms with Gasteiger partial charge in [-0.1, -0.05) is 24.3 Å². The Morgan fingerprint density at radius 1 is 1.19 bits per heavy atom. The van der Waals surface area contributed by atoms with E-state index in [-0.39, 0.29) is 11.1 Å². The van der Waals surface area contributed by atoms with E-state index in [2.05, 4.69) is 0 Å². The highest BCUT2D eigenvalue weighted by Gasteiger charge is 2.37. The molecule has 1 saturated heterocycles. The van der Waals surface area contributed by atoms with Gasteiger partial charge in [0, 0.05) is 0 Å². The molecule has 1 aliphatic rings. The van der Waals surface area contributed by atoms with E-state index in [4.69, 9.17) is 9.84 Å². The number of ether oxygens (including phenoxy) is 1. The Hall–Kier alpha value is -3.06. The number of imide groups is 1. The van der Waals surface area contributed by atoms with Crippen LogP contribution in [0.4, 0.5) is 10.5 Å². The first kappa shape index (κ1) is 18.7. The highest BCUT2D eigenvalue weighted by molar-refractivity contribution is 8.19. The number of carboxylic acids is 1. The van der Waals surface area contributed by atoms with Crippen LogP contribution in [0, 0.1) is 13.8 Å². The van der Waals surface area contributed by atoms with Crippen LogP contribution in [0.1, 0.15) is 16.7 Å². The number of rotatable bonds is 5. The van der Waals surface area contributed by atoms with Crippen LogP contribution < -0.4 is 9.64 Å². The molecule has 27 heavy (non-hydrogen) atoms. The van der Waals surface area contributed by atoms with E-state index in [1.807, 2.05) is 32.0 Å². The highest BCUT2D eigenvalue weighted by Crippen LogP contribution is 2.37. The van der Waals surface area contributed by atoms with Crippen LogP contribution in [0.15, 0.2) is 47.4 Å². The summed E-state index contributed by atoms with van der Waals surface area (Å²) in [6.45, 7) is 3.30. The average Bonchev–Trinajstić information content (AvgIpc) is 2.89. The Balaban J connectivity index is 1.87. The summed E-state index contributed by atoms with van der Waals surface area (Å²) in [4.78, 5) is 37.3. The third-order valence-corrected chi connectivity index (χ3v) is 4.79. The number of aliphatic carboxylic acids is 1. The third-order valence-electron chi connectivity index (χ3n) is 3.92. The van der Waals surface area contributed by atoms with Crippen molar-refractivity contribution in [3.8, 4) is 5.75 Å². The Morgan fingerprint density at radius 2 is 1.96 bits per heavy atom. The van der Waals surface area contributed by atoms with Crippen molar-refractivity contribution >= 4 is 40.6 Å². The molecule has 0 radical (unpaired) electrons. The molecule has 0 aromatic heterocycles. The topological polar surface area (TPSA) is 83.9 Å². The predicted molar refractivity (Wildman–Crippen MR) is 104 cm³/mol. The van der Waals surface area contributed by atoms with Gasteiger partial charge in [0.05, 0.1) is 10.6 Å². The van der Waals surface area contributed by atoms with Crippen molar-refractivity contribution in [1.82, 2.24) is 0 Å². The molecule has 0 saturated carbocycles. The molecule has 138 valence electrons. The van der Waals surface area contributed by atoms with Crippen molar-refractivity contribution in [2.24, 2.45) is 0 Å². The average molecular weight is 383 g/mol. The number of aryl methyl sites for hydroxylation is 2. The molecular weight excluding hydrogens is 366 g/mol. The van der Waals surface area contributed by atoms with Crippen molar-refractivity contribution in [2.75, 3.05) is 11.5 Å². The number of hydrogen-bond donors (Lipinski definition) is 1. The number of anilines is 1. The summed E-state index contributed by atoms with van der Waals surface area (Å²) in [6, 6.07) is 12.3. The Morgan fingerprint density at radius 3 is 2.70 bits per heavy atom. The molecule has 1 N–H and O–H groups in total. The maximum absolute atomic E-state index is 12.8. The van der Waals surface area contributed by atoms with Gasteiger partial charge in [-0.2, -0.15) is 0 Å². The highest BCUT2D eigenvalue weighted by atomic mass is 32.2. The van der Waals surface area contributed by atoms with Gasteiger partial charge in [0.2, 0.25) is 0 Å². The second-order valence-corrected chi connectivity index (χ2v) is 7.06. The van der Waals surface area contributed by atoms with Gasteiger partial charge in [-0.15, -0.1) is 0 Å². The van der Waals surface area contributed by atoms with Crippen molar-refractivity contribution in [1.29, 1.82) is 0 Å². The molecular formula is C20H17NO5S. The Labute approximate surface area is 160 Å². The first-order valence-corrected chi connectivity index (χ1v) is 8.96. The molecule has 0 aliphatic carbocycles. The van der Waals surface area contributed by atoms with Gasteiger partial charge in [-0.05, 0) is 66.6 Å². The molecule has 1 fully saturated rings. The number of nitrogens with zero attached hydrogens (tertiary/aromatic N) is 1. The minimum atomic E-state index is -1.07. The maximum Gasteiger partial charge on any atom is 0.341 e. The SMILES string of the molecule is Cc1ccc(C)c(N2C(=O)S/C(=C/c3cccc(OCC(=O)O)c3)C2=O)c1. The first-order valence-electron chi connectivity index (χ1n) is 8.15. The summed E-state index contributed by atoms with van der Waals surface area (Å²) in [6.07, 6.45) is 1.60. The quantitative estimate of drug-likeness (QED) is 0.786. The van der Waals surface area contributed by atoms with Crippen LogP contribution in [-0.2, 0) is 9.59 Å². The summed E-state index contributed by atoms with van der Waals surface area (Å²) in [5.74, 6) is -1.08. The van der Waals surface area contributed by atoms with Gasteiger partial charge in [0.15, 0.2) is 6.61 Å². The lowest BCUT2D eigenvalue weighted by molar-refractivity contribution is -0.139. The number of amides is 2. The van der Waals surface area contributed by atoms with E-state index in [1.165, 1.54) is 4.90 Å². The molecule has 2 aromatic carbocycles. The van der Waals surface area contributed by atoms with Crippen LogP contribution in [0.25, 0.3) is 6.08 Å². The van der Waals surface area contributed by atoms with E-state index >= 15 is 0 Å². The van der Waals surface area contributed by atoms with Crippen molar-refractivity contribution < 1.29 is 24.2 Å². The molecule has 0 unspecified atom stereocenters. The van der Waals surface area contributed by atoms with Gasteiger partial charge in [0.1, 0.15) is 5.75 Å². The van der Waals surface area contributed by atoms with Gasteiger partial charge >= 0.3 is 5.97 Å². The Bertz CT molecular complexity index is 967. The number of hydrogen-bond acceptors (Lipinski definition) is 5. The van der Waals surface area contributed by atoms with Crippen molar-refractivity contribution in [3.63, 3.8) is 0 Å². The van der Waals surface area contributed by atoms with Crippen molar-refractivity contribution in [2.45, 2.75) is 13.8 Å². The number of carbonyl (C=O) groups excluding carboxylic acids is 2. The first-order chi connectivity index (χ1) is 12.8. The number of benzene rings is 2. The third kappa shape index (κ3) is 4.20. The Kier molecular flexibility index (Phi) is 5.32.